The largest absolute Gasteiger partial charge is 0.496 e. The summed E-state index contributed by atoms with van der Waals surface area (Å²) in [4.78, 5) is 32.1. The normalized spacial score (nSPS) is 22.1. The minimum atomic E-state index is 0.0656. The molecule has 1 aromatic rings. The highest BCUT2D eigenvalue weighted by atomic mass is 16.5. The topological polar surface area (TPSA) is 53.1 Å². The first-order chi connectivity index (χ1) is 14.2. The first-order valence-electron chi connectivity index (χ1n) is 11.1. The Morgan fingerprint density at radius 2 is 1.52 bits per heavy atom. The number of rotatable bonds is 4. The number of piperidine rings is 2. The number of likely N-dealkylation sites (tertiary alicyclic amines) is 3. The lowest BCUT2D eigenvalue weighted by atomic mass is 9.92. The summed E-state index contributed by atoms with van der Waals surface area (Å²) >= 11 is 0. The van der Waals surface area contributed by atoms with Crippen LogP contribution >= 0.6 is 0 Å². The van der Waals surface area contributed by atoms with Crippen LogP contribution in [0.5, 0.6) is 5.75 Å². The zero-order valence-electron chi connectivity index (χ0n) is 17.5. The third-order valence-electron chi connectivity index (χ3n) is 6.90. The molecule has 0 bridgehead atoms. The molecule has 3 fully saturated rings. The van der Waals surface area contributed by atoms with Crippen LogP contribution in [0.4, 0.5) is 0 Å². The molecule has 29 heavy (non-hydrogen) atoms. The SMILES string of the molecule is COc1ccccc1C(=O)N1CCC(N2CCC(C(=O)N3CCCC3)CC2)CC1. The van der Waals surface area contributed by atoms with Gasteiger partial charge in [-0.05, 0) is 63.7 Å². The molecule has 4 rings (SSSR count). The van der Waals surface area contributed by atoms with Gasteiger partial charge in [-0.1, -0.05) is 12.1 Å². The Kier molecular flexibility index (Phi) is 6.38. The summed E-state index contributed by atoms with van der Waals surface area (Å²) in [6, 6.07) is 7.98. The third-order valence-corrected chi connectivity index (χ3v) is 6.90. The van der Waals surface area contributed by atoms with E-state index in [0.717, 1.165) is 77.8 Å². The minimum Gasteiger partial charge on any atom is -0.496 e. The van der Waals surface area contributed by atoms with Crippen LogP contribution in [0.1, 0.15) is 48.9 Å². The number of carbonyl (C=O) groups is 2. The van der Waals surface area contributed by atoms with Crippen molar-refractivity contribution in [3.05, 3.63) is 29.8 Å². The summed E-state index contributed by atoms with van der Waals surface area (Å²) < 4.78 is 5.35. The highest BCUT2D eigenvalue weighted by molar-refractivity contribution is 5.97. The maximum Gasteiger partial charge on any atom is 0.257 e. The highest BCUT2D eigenvalue weighted by Crippen LogP contribution is 2.27. The molecule has 0 spiro atoms. The zero-order valence-corrected chi connectivity index (χ0v) is 17.5. The first-order valence-corrected chi connectivity index (χ1v) is 11.1. The summed E-state index contributed by atoms with van der Waals surface area (Å²) in [7, 11) is 1.61. The lowest BCUT2D eigenvalue weighted by Gasteiger charge is -2.42. The standard InChI is InChI=1S/C23H33N3O3/c1-29-21-7-3-2-6-20(21)23(28)26-16-10-19(11-17-26)24-14-8-18(9-15-24)22(27)25-12-4-5-13-25/h2-3,6-7,18-19H,4-5,8-17H2,1H3. The van der Waals surface area contributed by atoms with E-state index in [1.54, 1.807) is 7.11 Å². The molecule has 3 aliphatic rings. The number of carbonyl (C=O) groups excluding carboxylic acids is 2. The Morgan fingerprint density at radius 1 is 0.862 bits per heavy atom. The number of hydrogen-bond donors (Lipinski definition) is 0. The van der Waals surface area contributed by atoms with E-state index in [1.807, 2.05) is 29.2 Å². The number of benzene rings is 1. The van der Waals surface area contributed by atoms with E-state index in [1.165, 1.54) is 0 Å². The van der Waals surface area contributed by atoms with Crippen LogP contribution in [0.2, 0.25) is 0 Å². The maximum absolute atomic E-state index is 12.9. The summed E-state index contributed by atoms with van der Waals surface area (Å²) in [5, 5.41) is 0. The number of amides is 2. The van der Waals surface area contributed by atoms with E-state index in [9.17, 15) is 9.59 Å². The first kappa shape index (κ1) is 20.2. The van der Waals surface area contributed by atoms with Gasteiger partial charge in [0.15, 0.2) is 0 Å². The smallest absolute Gasteiger partial charge is 0.257 e. The summed E-state index contributed by atoms with van der Waals surface area (Å²) in [5.41, 5.74) is 0.648. The highest BCUT2D eigenvalue weighted by Gasteiger charge is 2.34. The van der Waals surface area contributed by atoms with Crippen molar-refractivity contribution in [1.82, 2.24) is 14.7 Å². The average Bonchev–Trinajstić information content (AvgIpc) is 3.33. The van der Waals surface area contributed by atoms with Crippen molar-refractivity contribution in [1.29, 1.82) is 0 Å². The van der Waals surface area contributed by atoms with Gasteiger partial charge < -0.3 is 19.4 Å². The van der Waals surface area contributed by atoms with Crippen molar-refractivity contribution in [2.75, 3.05) is 46.4 Å². The third kappa shape index (κ3) is 4.42. The van der Waals surface area contributed by atoms with Gasteiger partial charge in [-0.25, -0.2) is 0 Å². The van der Waals surface area contributed by atoms with Crippen molar-refractivity contribution < 1.29 is 14.3 Å². The Morgan fingerprint density at radius 3 is 2.17 bits per heavy atom. The van der Waals surface area contributed by atoms with Gasteiger partial charge >= 0.3 is 0 Å². The second kappa shape index (κ2) is 9.16. The molecular weight excluding hydrogens is 366 g/mol. The van der Waals surface area contributed by atoms with Crippen molar-refractivity contribution in [3.8, 4) is 5.75 Å². The molecule has 158 valence electrons. The molecule has 3 heterocycles. The van der Waals surface area contributed by atoms with E-state index < -0.39 is 0 Å². The molecule has 0 N–H and O–H groups in total. The van der Waals surface area contributed by atoms with Gasteiger partial charge in [0.1, 0.15) is 5.75 Å². The van der Waals surface area contributed by atoms with E-state index in [-0.39, 0.29) is 11.8 Å². The van der Waals surface area contributed by atoms with E-state index >= 15 is 0 Å². The lowest BCUT2D eigenvalue weighted by molar-refractivity contribution is -0.136. The molecule has 1 aromatic carbocycles. The van der Waals surface area contributed by atoms with E-state index in [0.29, 0.717) is 23.3 Å². The van der Waals surface area contributed by atoms with Crippen LogP contribution in [-0.2, 0) is 4.79 Å². The average molecular weight is 400 g/mol. The number of para-hydroxylation sites is 1. The van der Waals surface area contributed by atoms with E-state index in [4.69, 9.17) is 4.74 Å². The fourth-order valence-corrected chi connectivity index (χ4v) is 5.13. The van der Waals surface area contributed by atoms with Gasteiger partial charge in [0.05, 0.1) is 12.7 Å². The summed E-state index contributed by atoms with van der Waals surface area (Å²) in [6.45, 7) is 5.50. The summed E-state index contributed by atoms with van der Waals surface area (Å²) in [6.07, 6.45) is 6.30. The number of nitrogens with zero attached hydrogens (tertiary/aromatic N) is 3. The van der Waals surface area contributed by atoms with Crippen molar-refractivity contribution in [2.24, 2.45) is 5.92 Å². The van der Waals surface area contributed by atoms with Crippen LogP contribution in [0.25, 0.3) is 0 Å². The van der Waals surface area contributed by atoms with Gasteiger partial charge in [0, 0.05) is 38.1 Å². The van der Waals surface area contributed by atoms with Gasteiger partial charge in [0.2, 0.25) is 5.91 Å². The molecule has 0 saturated carbocycles. The van der Waals surface area contributed by atoms with Crippen LogP contribution in [-0.4, -0.2) is 78.9 Å². The van der Waals surface area contributed by atoms with Gasteiger partial charge in [-0.15, -0.1) is 0 Å². The second-order valence-corrected chi connectivity index (χ2v) is 8.57. The Hall–Kier alpha value is -2.08. The predicted octanol–water partition coefficient (Wildman–Crippen LogP) is 2.63. The second-order valence-electron chi connectivity index (χ2n) is 8.57. The lowest BCUT2D eigenvalue weighted by Crippen LogP contribution is -2.50. The molecule has 0 atom stereocenters. The molecule has 0 radical (unpaired) electrons. The Balaban J connectivity index is 1.26. The van der Waals surface area contributed by atoms with Crippen molar-refractivity contribution >= 4 is 11.8 Å². The van der Waals surface area contributed by atoms with Crippen LogP contribution in [0.3, 0.4) is 0 Å². The molecule has 0 aliphatic carbocycles. The molecule has 3 aliphatic heterocycles. The predicted molar refractivity (Wildman–Crippen MR) is 112 cm³/mol. The monoisotopic (exact) mass is 399 g/mol. The Bertz CT molecular complexity index is 716. The maximum atomic E-state index is 12.9. The van der Waals surface area contributed by atoms with Crippen LogP contribution in [0.15, 0.2) is 24.3 Å². The molecular formula is C23H33N3O3. The number of hydrogen-bond acceptors (Lipinski definition) is 4. The molecule has 6 heteroatoms. The molecule has 0 aromatic heterocycles. The fourth-order valence-electron chi connectivity index (χ4n) is 5.13. The van der Waals surface area contributed by atoms with Crippen molar-refractivity contribution in [2.45, 2.75) is 44.6 Å². The molecule has 3 saturated heterocycles. The Labute approximate surface area is 173 Å². The zero-order chi connectivity index (χ0) is 20.2. The van der Waals surface area contributed by atoms with E-state index in [2.05, 4.69) is 9.80 Å². The van der Waals surface area contributed by atoms with Gasteiger partial charge in [-0.2, -0.15) is 0 Å². The molecule has 6 nitrogen and oxygen atoms in total. The van der Waals surface area contributed by atoms with Crippen molar-refractivity contribution in [3.63, 3.8) is 0 Å². The number of ether oxygens (including phenoxy) is 1. The van der Waals surface area contributed by atoms with Crippen LogP contribution in [0, 0.1) is 5.92 Å². The van der Waals surface area contributed by atoms with Gasteiger partial charge in [0.25, 0.3) is 5.91 Å². The molecule has 2 amide bonds. The van der Waals surface area contributed by atoms with Gasteiger partial charge in [-0.3, -0.25) is 9.59 Å². The summed E-state index contributed by atoms with van der Waals surface area (Å²) in [5.74, 6) is 1.32. The minimum absolute atomic E-state index is 0.0656. The number of methoxy groups -OCH3 is 1. The van der Waals surface area contributed by atoms with Crippen LogP contribution < -0.4 is 4.74 Å². The quantitative estimate of drug-likeness (QED) is 0.781. The molecule has 0 unspecified atom stereocenters. The fraction of sp³-hybridized carbons (Fsp3) is 0.652.